The van der Waals surface area contributed by atoms with Gasteiger partial charge in [0, 0.05) is 39.5 Å². The lowest BCUT2D eigenvalue weighted by molar-refractivity contribution is -0.138. The zero-order valence-corrected chi connectivity index (χ0v) is 14.5. The normalized spacial score (nSPS) is 17.4. The molecule has 2 aliphatic heterocycles. The molecular weight excluding hydrogens is 332 g/mol. The van der Waals surface area contributed by atoms with Crippen LogP contribution in [0, 0.1) is 0 Å². The van der Waals surface area contributed by atoms with Crippen LogP contribution in [0.25, 0.3) is 0 Å². The van der Waals surface area contributed by atoms with Crippen LogP contribution in [-0.4, -0.2) is 61.0 Å². The number of fused-ring (bicyclic) bond motifs is 1. The summed E-state index contributed by atoms with van der Waals surface area (Å²) in [6.07, 6.45) is 1.07. The molecule has 0 bridgehead atoms. The molecule has 2 heterocycles. The summed E-state index contributed by atoms with van der Waals surface area (Å²) in [6.45, 7) is 5.01. The molecule has 130 valence electrons. The molecule has 0 radical (unpaired) electrons. The van der Waals surface area contributed by atoms with Crippen molar-refractivity contribution in [2.45, 2.75) is 19.8 Å². The Morgan fingerprint density at radius 3 is 2.46 bits per heavy atom. The summed E-state index contributed by atoms with van der Waals surface area (Å²) < 4.78 is 11.3. The molecule has 1 fully saturated rings. The highest BCUT2D eigenvalue weighted by molar-refractivity contribution is 6.32. The second kappa shape index (κ2) is 7.30. The number of nitrogens with zero attached hydrogens (tertiary/aromatic N) is 2. The Morgan fingerprint density at radius 2 is 1.75 bits per heavy atom. The number of rotatable bonds is 2. The summed E-state index contributed by atoms with van der Waals surface area (Å²) in [5.74, 6) is 1.24. The summed E-state index contributed by atoms with van der Waals surface area (Å²) in [6, 6.07) is 3.59. The van der Waals surface area contributed by atoms with Crippen molar-refractivity contribution in [3.8, 4) is 11.5 Å². The number of halogens is 1. The van der Waals surface area contributed by atoms with E-state index < -0.39 is 0 Å². The highest BCUT2D eigenvalue weighted by Crippen LogP contribution is 2.38. The van der Waals surface area contributed by atoms with Crippen molar-refractivity contribution in [2.75, 3.05) is 39.4 Å². The number of ether oxygens (including phenoxy) is 2. The summed E-state index contributed by atoms with van der Waals surface area (Å²) in [5.41, 5.74) is 0.809. The van der Waals surface area contributed by atoms with Crippen LogP contribution in [0.5, 0.6) is 11.5 Å². The van der Waals surface area contributed by atoms with Gasteiger partial charge in [-0.05, 0) is 17.7 Å². The van der Waals surface area contributed by atoms with Crippen LogP contribution in [0.2, 0.25) is 5.02 Å². The van der Waals surface area contributed by atoms with Gasteiger partial charge in [0.15, 0.2) is 11.5 Å². The van der Waals surface area contributed by atoms with Crippen LogP contribution < -0.4 is 9.47 Å². The molecule has 0 atom stereocenters. The predicted octanol–water partition coefficient (Wildman–Crippen LogP) is 1.73. The smallest absolute Gasteiger partial charge is 0.227 e. The molecule has 1 aromatic rings. The molecule has 0 aromatic heterocycles. The van der Waals surface area contributed by atoms with Gasteiger partial charge in [0.05, 0.1) is 24.7 Å². The zero-order valence-electron chi connectivity index (χ0n) is 13.7. The van der Waals surface area contributed by atoms with Crippen molar-refractivity contribution in [1.29, 1.82) is 0 Å². The maximum Gasteiger partial charge on any atom is 0.227 e. The summed E-state index contributed by atoms with van der Waals surface area (Å²) >= 11 is 6.27. The number of hydrogen-bond acceptors (Lipinski definition) is 4. The van der Waals surface area contributed by atoms with Gasteiger partial charge in [0.1, 0.15) is 0 Å². The van der Waals surface area contributed by atoms with Gasteiger partial charge in [-0.15, -0.1) is 0 Å². The maximum atomic E-state index is 12.5. The van der Waals surface area contributed by atoms with E-state index in [9.17, 15) is 9.59 Å². The van der Waals surface area contributed by atoms with E-state index in [0.717, 1.165) is 12.0 Å². The Bertz CT molecular complexity index is 642. The number of benzene rings is 1. The molecule has 2 aliphatic rings. The van der Waals surface area contributed by atoms with E-state index in [1.165, 1.54) is 0 Å². The Labute approximate surface area is 146 Å². The largest absolute Gasteiger partial charge is 0.489 e. The van der Waals surface area contributed by atoms with Gasteiger partial charge in [-0.25, -0.2) is 0 Å². The molecule has 0 spiro atoms. The van der Waals surface area contributed by atoms with E-state index in [0.29, 0.717) is 55.9 Å². The van der Waals surface area contributed by atoms with E-state index in [-0.39, 0.29) is 18.2 Å². The third-order valence-electron chi connectivity index (χ3n) is 4.30. The number of carbonyl (C=O) groups is 2. The third-order valence-corrected chi connectivity index (χ3v) is 4.58. The lowest BCUT2D eigenvalue weighted by atomic mass is 10.1. The van der Waals surface area contributed by atoms with Gasteiger partial charge in [0.2, 0.25) is 11.8 Å². The third kappa shape index (κ3) is 3.75. The Balaban J connectivity index is 1.66. The lowest BCUT2D eigenvalue weighted by Gasteiger charge is -2.34. The van der Waals surface area contributed by atoms with Crippen molar-refractivity contribution in [3.05, 3.63) is 22.7 Å². The molecule has 7 heteroatoms. The molecule has 0 N–H and O–H groups in total. The van der Waals surface area contributed by atoms with E-state index in [1.807, 2.05) is 6.07 Å². The fourth-order valence-corrected chi connectivity index (χ4v) is 3.23. The first kappa shape index (κ1) is 16.9. The average molecular weight is 353 g/mol. The maximum absolute atomic E-state index is 12.5. The van der Waals surface area contributed by atoms with Crippen molar-refractivity contribution < 1.29 is 19.1 Å². The van der Waals surface area contributed by atoms with Crippen molar-refractivity contribution in [3.63, 3.8) is 0 Å². The van der Waals surface area contributed by atoms with Gasteiger partial charge in [0.25, 0.3) is 0 Å². The van der Waals surface area contributed by atoms with E-state index in [4.69, 9.17) is 21.1 Å². The summed E-state index contributed by atoms with van der Waals surface area (Å²) in [7, 11) is 0. The second-order valence-corrected chi connectivity index (χ2v) is 6.43. The predicted molar refractivity (Wildman–Crippen MR) is 89.6 cm³/mol. The first-order valence-electron chi connectivity index (χ1n) is 8.16. The van der Waals surface area contributed by atoms with E-state index in [2.05, 4.69) is 0 Å². The fraction of sp³-hybridized carbons (Fsp3) is 0.529. The molecule has 6 nitrogen and oxygen atoms in total. The molecule has 1 saturated heterocycles. The summed E-state index contributed by atoms with van der Waals surface area (Å²) in [4.78, 5) is 27.4. The molecule has 2 amide bonds. The molecule has 0 saturated carbocycles. The van der Waals surface area contributed by atoms with Crippen molar-refractivity contribution >= 4 is 23.4 Å². The quantitative estimate of drug-likeness (QED) is 0.813. The number of carbonyl (C=O) groups excluding carboxylic acids is 2. The first-order valence-corrected chi connectivity index (χ1v) is 8.53. The summed E-state index contributed by atoms with van der Waals surface area (Å²) in [5, 5.41) is 0.471. The fourth-order valence-electron chi connectivity index (χ4n) is 2.94. The Kier molecular flexibility index (Phi) is 5.14. The molecular formula is C17H21ClN2O4. The first-order chi connectivity index (χ1) is 11.5. The number of hydrogen-bond donors (Lipinski definition) is 0. The van der Waals surface area contributed by atoms with Crippen LogP contribution in [0.1, 0.15) is 18.9 Å². The van der Waals surface area contributed by atoms with Crippen LogP contribution in [0.15, 0.2) is 12.1 Å². The molecule has 0 aliphatic carbocycles. The highest BCUT2D eigenvalue weighted by atomic mass is 35.5. The highest BCUT2D eigenvalue weighted by Gasteiger charge is 2.23. The standard InChI is InChI=1S/C17H21ClN2O4/c1-12(21)19-3-5-20(6-4-19)16(22)11-13-9-14(18)17-15(10-13)23-7-2-8-24-17/h9-10H,2-8,11H2,1H3. The monoisotopic (exact) mass is 352 g/mol. The second-order valence-electron chi connectivity index (χ2n) is 6.02. The molecule has 3 rings (SSSR count). The van der Waals surface area contributed by atoms with Gasteiger partial charge in [-0.1, -0.05) is 11.6 Å². The minimum atomic E-state index is 0.0313. The van der Waals surface area contributed by atoms with Crippen LogP contribution in [0.3, 0.4) is 0 Å². The average Bonchev–Trinajstić information content (AvgIpc) is 2.80. The van der Waals surface area contributed by atoms with Crippen molar-refractivity contribution in [1.82, 2.24) is 9.80 Å². The van der Waals surface area contributed by atoms with E-state index in [1.54, 1.807) is 22.8 Å². The van der Waals surface area contributed by atoms with Gasteiger partial charge in [-0.2, -0.15) is 0 Å². The minimum Gasteiger partial charge on any atom is -0.489 e. The van der Waals surface area contributed by atoms with E-state index >= 15 is 0 Å². The van der Waals surface area contributed by atoms with Crippen LogP contribution >= 0.6 is 11.6 Å². The van der Waals surface area contributed by atoms with Gasteiger partial charge >= 0.3 is 0 Å². The van der Waals surface area contributed by atoms with Gasteiger partial charge in [-0.3, -0.25) is 9.59 Å². The van der Waals surface area contributed by atoms with Gasteiger partial charge < -0.3 is 19.3 Å². The SMILES string of the molecule is CC(=O)N1CCN(C(=O)Cc2cc(Cl)c3c(c2)OCCCO3)CC1. The number of amides is 2. The van der Waals surface area contributed by atoms with Crippen LogP contribution in [-0.2, 0) is 16.0 Å². The minimum absolute atomic E-state index is 0.0313. The molecule has 1 aromatic carbocycles. The zero-order chi connectivity index (χ0) is 17.1. The number of piperazine rings is 1. The van der Waals surface area contributed by atoms with Crippen molar-refractivity contribution in [2.24, 2.45) is 0 Å². The van der Waals surface area contributed by atoms with Crippen LogP contribution in [0.4, 0.5) is 0 Å². The Hall–Kier alpha value is -1.95. The Morgan fingerprint density at radius 1 is 1.08 bits per heavy atom. The molecule has 0 unspecified atom stereocenters. The lowest BCUT2D eigenvalue weighted by Crippen LogP contribution is -2.50. The molecule has 24 heavy (non-hydrogen) atoms. The topological polar surface area (TPSA) is 59.1 Å².